The molecule has 2 heterocycles. The van der Waals surface area contributed by atoms with Crippen molar-refractivity contribution >= 4 is 35.2 Å². The third kappa shape index (κ3) is 4.82. The number of anilines is 1. The summed E-state index contributed by atoms with van der Waals surface area (Å²) in [5.74, 6) is -0.00951. The molecule has 30 heavy (non-hydrogen) atoms. The first-order valence-corrected chi connectivity index (χ1v) is 12.1. The molecular weight excluding hydrogens is 398 g/mol. The van der Waals surface area contributed by atoms with Crippen molar-refractivity contribution in [3.8, 4) is 0 Å². The summed E-state index contributed by atoms with van der Waals surface area (Å²) in [5.41, 5.74) is 0.725. The fourth-order valence-electron chi connectivity index (χ4n) is 4.67. The highest BCUT2D eigenvalue weighted by Crippen LogP contribution is 2.39. The molecule has 3 aliphatic rings. The van der Waals surface area contributed by atoms with Crippen molar-refractivity contribution in [1.29, 1.82) is 0 Å². The summed E-state index contributed by atoms with van der Waals surface area (Å²) in [4.78, 5) is 43.3. The Labute approximate surface area is 182 Å². The van der Waals surface area contributed by atoms with Gasteiger partial charge in [-0.2, -0.15) is 0 Å². The minimum Gasteiger partial charge on any atom is -0.354 e. The highest BCUT2D eigenvalue weighted by molar-refractivity contribution is 8.01. The van der Waals surface area contributed by atoms with Crippen LogP contribution in [0.5, 0.6) is 0 Å². The van der Waals surface area contributed by atoms with Crippen molar-refractivity contribution in [3.63, 3.8) is 0 Å². The molecule has 0 radical (unpaired) electrons. The van der Waals surface area contributed by atoms with Crippen LogP contribution in [-0.2, 0) is 14.4 Å². The summed E-state index contributed by atoms with van der Waals surface area (Å²) in [6.45, 7) is 2.07. The summed E-state index contributed by atoms with van der Waals surface area (Å²) >= 11 is 1.32. The number of likely N-dealkylation sites (tertiary alicyclic amines) is 1. The van der Waals surface area contributed by atoms with E-state index in [4.69, 9.17) is 0 Å². The first kappa shape index (κ1) is 21.2. The first-order valence-electron chi connectivity index (χ1n) is 11.3. The molecule has 0 spiro atoms. The lowest BCUT2D eigenvalue weighted by Gasteiger charge is -2.36. The van der Waals surface area contributed by atoms with Gasteiger partial charge in [0.05, 0.1) is 5.69 Å². The third-order valence-electron chi connectivity index (χ3n) is 6.40. The van der Waals surface area contributed by atoms with E-state index in [0.717, 1.165) is 42.7 Å². The molecule has 0 aromatic heterocycles. The molecule has 1 aromatic carbocycles. The quantitative estimate of drug-likeness (QED) is 0.730. The van der Waals surface area contributed by atoms with Gasteiger partial charge in [-0.15, -0.1) is 11.8 Å². The number of nitrogens with one attached hydrogen (secondary N) is 1. The molecule has 1 saturated carbocycles. The molecule has 1 saturated heterocycles. The molecule has 6 nitrogen and oxygen atoms in total. The van der Waals surface area contributed by atoms with E-state index in [0.29, 0.717) is 25.6 Å². The molecule has 162 valence electrons. The number of hydrogen-bond donors (Lipinski definition) is 1. The van der Waals surface area contributed by atoms with Gasteiger partial charge in [0.15, 0.2) is 5.25 Å². The van der Waals surface area contributed by atoms with E-state index >= 15 is 0 Å². The molecule has 3 amide bonds. The highest BCUT2D eigenvalue weighted by Gasteiger charge is 2.41. The van der Waals surface area contributed by atoms with Crippen LogP contribution < -0.4 is 10.2 Å². The molecule has 1 N–H and O–H groups in total. The molecule has 1 atom stereocenters. The van der Waals surface area contributed by atoms with Crippen molar-refractivity contribution in [3.05, 3.63) is 24.3 Å². The van der Waals surface area contributed by atoms with Gasteiger partial charge >= 0.3 is 0 Å². The second-order valence-corrected chi connectivity index (χ2v) is 9.73. The number of fused-ring (bicyclic) bond motifs is 1. The zero-order valence-corrected chi connectivity index (χ0v) is 18.3. The molecule has 2 aliphatic heterocycles. The number of rotatable bonds is 5. The second-order valence-electron chi connectivity index (χ2n) is 8.58. The Hall–Kier alpha value is -2.02. The van der Waals surface area contributed by atoms with Crippen LogP contribution in [0.25, 0.3) is 0 Å². The molecular formula is C23H31N3O3S. The summed E-state index contributed by atoms with van der Waals surface area (Å²) in [5, 5.41) is 2.22. The number of benzene rings is 1. The highest BCUT2D eigenvalue weighted by atomic mass is 32.2. The molecule has 1 aromatic rings. The number of amides is 3. The van der Waals surface area contributed by atoms with Gasteiger partial charge in [0, 0.05) is 24.5 Å². The Morgan fingerprint density at radius 2 is 1.70 bits per heavy atom. The number of para-hydroxylation sites is 1. The predicted octanol–water partition coefficient (Wildman–Crippen LogP) is 3.20. The lowest BCUT2D eigenvalue weighted by molar-refractivity contribution is -0.135. The summed E-state index contributed by atoms with van der Waals surface area (Å²) in [6.07, 6.45) is 9.18. The standard InChI is InChI=1S/C23H31N3O3S/c27-20(24-15-17-9-3-1-4-10-17)16-26-18-11-5-6-12-19(18)30-21(23(26)29)22(28)25-13-7-2-8-14-25/h5-6,11-12,17,21H,1-4,7-10,13-16H2,(H,24,27). The van der Waals surface area contributed by atoms with Gasteiger partial charge < -0.3 is 15.1 Å². The summed E-state index contributed by atoms with van der Waals surface area (Å²) < 4.78 is 0. The maximum atomic E-state index is 13.3. The lowest BCUT2D eigenvalue weighted by atomic mass is 9.89. The van der Waals surface area contributed by atoms with Crippen LogP contribution in [0.2, 0.25) is 0 Å². The van der Waals surface area contributed by atoms with Crippen molar-refractivity contribution < 1.29 is 14.4 Å². The monoisotopic (exact) mass is 429 g/mol. The third-order valence-corrected chi connectivity index (χ3v) is 7.64. The topological polar surface area (TPSA) is 69.7 Å². The van der Waals surface area contributed by atoms with Gasteiger partial charge in [-0.25, -0.2) is 0 Å². The van der Waals surface area contributed by atoms with Gasteiger partial charge in [-0.3, -0.25) is 14.4 Å². The second kappa shape index (κ2) is 9.86. The number of carbonyl (C=O) groups is 3. The SMILES string of the molecule is O=C(CN1C(=O)C(C(=O)N2CCCCC2)Sc2ccccc21)NCC1CCCCC1. The maximum Gasteiger partial charge on any atom is 0.250 e. The van der Waals surface area contributed by atoms with Crippen LogP contribution in [0, 0.1) is 5.92 Å². The minimum absolute atomic E-state index is 0.0348. The van der Waals surface area contributed by atoms with E-state index < -0.39 is 5.25 Å². The molecule has 1 aliphatic carbocycles. The van der Waals surface area contributed by atoms with Crippen LogP contribution in [0.4, 0.5) is 5.69 Å². The van der Waals surface area contributed by atoms with Crippen LogP contribution in [0.1, 0.15) is 51.4 Å². The molecule has 0 bridgehead atoms. The summed E-state index contributed by atoms with van der Waals surface area (Å²) in [7, 11) is 0. The average Bonchev–Trinajstić information content (AvgIpc) is 2.80. The fourth-order valence-corrected chi connectivity index (χ4v) is 5.85. The van der Waals surface area contributed by atoms with Gasteiger partial charge in [0.1, 0.15) is 6.54 Å². The van der Waals surface area contributed by atoms with E-state index in [-0.39, 0.29) is 24.3 Å². The maximum absolute atomic E-state index is 13.3. The van der Waals surface area contributed by atoms with Crippen molar-refractivity contribution in [2.75, 3.05) is 31.1 Å². The lowest BCUT2D eigenvalue weighted by Crippen LogP contribution is -2.53. The molecule has 4 rings (SSSR count). The normalized spacial score (nSPS) is 22.5. The van der Waals surface area contributed by atoms with Crippen LogP contribution >= 0.6 is 11.8 Å². The Kier molecular flexibility index (Phi) is 6.97. The predicted molar refractivity (Wildman–Crippen MR) is 118 cm³/mol. The zero-order chi connectivity index (χ0) is 20.9. The van der Waals surface area contributed by atoms with Crippen molar-refractivity contribution in [2.24, 2.45) is 5.92 Å². The molecule has 7 heteroatoms. The van der Waals surface area contributed by atoms with E-state index in [1.165, 1.54) is 35.9 Å². The Morgan fingerprint density at radius 1 is 1.00 bits per heavy atom. The van der Waals surface area contributed by atoms with Crippen LogP contribution in [0.15, 0.2) is 29.2 Å². The van der Waals surface area contributed by atoms with Crippen LogP contribution in [-0.4, -0.2) is 54.1 Å². The van der Waals surface area contributed by atoms with Crippen molar-refractivity contribution in [2.45, 2.75) is 61.5 Å². The Morgan fingerprint density at radius 3 is 2.47 bits per heavy atom. The zero-order valence-electron chi connectivity index (χ0n) is 17.5. The van der Waals surface area contributed by atoms with Gasteiger partial charge in [-0.1, -0.05) is 31.4 Å². The largest absolute Gasteiger partial charge is 0.354 e. The van der Waals surface area contributed by atoms with Gasteiger partial charge in [-0.05, 0) is 50.2 Å². The number of hydrogen-bond acceptors (Lipinski definition) is 4. The number of nitrogens with zero attached hydrogens (tertiary/aromatic N) is 2. The summed E-state index contributed by atoms with van der Waals surface area (Å²) in [6, 6.07) is 7.56. The number of thioether (sulfide) groups is 1. The van der Waals surface area contributed by atoms with Gasteiger partial charge in [0.2, 0.25) is 11.8 Å². The Bertz CT molecular complexity index is 788. The fraction of sp³-hybridized carbons (Fsp3) is 0.609. The number of carbonyl (C=O) groups excluding carboxylic acids is 3. The van der Waals surface area contributed by atoms with Gasteiger partial charge in [0.25, 0.3) is 5.91 Å². The molecule has 1 unspecified atom stereocenters. The van der Waals surface area contributed by atoms with Crippen molar-refractivity contribution in [1.82, 2.24) is 10.2 Å². The molecule has 2 fully saturated rings. The average molecular weight is 430 g/mol. The minimum atomic E-state index is -0.802. The van der Waals surface area contributed by atoms with Crippen LogP contribution in [0.3, 0.4) is 0 Å². The van der Waals surface area contributed by atoms with E-state index in [1.54, 1.807) is 0 Å². The first-order chi connectivity index (χ1) is 14.6. The smallest absolute Gasteiger partial charge is 0.250 e. The Balaban J connectivity index is 1.45. The van der Waals surface area contributed by atoms with E-state index in [2.05, 4.69) is 5.32 Å². The number of piperidine rings is 1. The van der Waals surface area contributed by atoms with E-state index in [1.807, 2.05) is 29.2 Å². The van der Waals surface area contributed by atoms with E-state index in [9.17, 15) is 14.4 Å².